The van der Waals surface area contributed by atoms with Crippen LogP contribution in [0.5, 0.6) is 11.5 Å². The van der Waals surface area contributed by atoms with Crippen molar-refractivity contribution in [2.75, 3.05) is 20.3 Å². The number of urea groups is 1. The lowest BCUT2D eigenvalue weighted by atomic mass is 9.95. The van der Waals surface area contributed by atoms with Gasteiger partial charge in [0.25, 0.3) is 0 Å². The van der Waals surface area contributed by atoms with Crippen molar-refractivity contribution in [1.29, 1.82) is 5.26 Å². The quantitative estimate of drug-likeness (QED) is 0.761. The van der Waals surface area contributed by atoms with E-state index in [4.69, 9.17) is 19.5 Å². The summed E-state index contributed by atoms with van der Waals surface area (Å²) in [6, 6.07) is 5.79. The molecule has 132 valence electrons. The fraction of sp³-hybridized carbons (Fsp3) is 0.353. The Balaban J connectivity index is 2.46. The van der Waals surface area contributed by atoms with Gasteiger partial charge in [-0.1, -0.05) is 6.07 Å². The van der Waals surface area contributed by atoms with Crippen molar-refractivity contribution in [2.24, 2.45) is 0 Å². The minimum Gasteiger partial charge on any atom is -0.490 e. The standard InChI is InChI=1S/C17H19N3O5/c1-4-24-13-9-11(5-6-12(13)25-8-7-18)15-14(16(21)23-3)10(2)19-17(22)20-15/h5-6,9,15H,4,8H2,1-3H3,(H2,19,20,22). The lowest BCUT2D eigenvalue weighted by molar-refractivity contribution is -0.136. The van der Waals surface area contributed by atoms with Gasteiger partial charge in [-0.3, -0.25) is 0 Å². The number of benzene rings is 1. The van der Waals surface area contributed by atoms with Crippen LogP contribution in [0.2, 0.25) is 0 Å². The lowest BCUT2D eigenvalue weighted by Gasteiger charge is -2.28. The van der Waals surface area contributed by atoms with E-state index in [1.165, 1.54) is 7.11 Å². The molecular formula is C17H19N3O5. The fourth-order valence-electron chi connectivity index (χ4n) is 2.53. The van der Waals surface area contributed by atoms with Crippen molar-refractivity contribution < 1.29 is 23.8 Å². The Morgan fingerprint density at radius 2 is 2.08 bits per heavy atom. The molecule has 0 aliphatic carbocycles. The molecule has 2 amide bonds. The summed E-state index contributed by atoms with van der Waals surface area (Å²) in [5.74, 6) is 0.287. The monoisotopic (exact) mass is 345 g/mol. The molecule has 1 heterocycles. The van der Waals surface area contributed by atoms with Gasteiger partial charge in [-0.25, -0.2) is 9.59 Å². The van der Waals surface area contributed by atoms with Crippen LogP contribution in [0.1, 0.15) is 25.5 Å². The Hall–Kier alpha value is -3.21. The van der Waals surface area contributed by atoms with Gasteiger partial charge in [-0.05, 0) is 31.5 Å². The van der Waals surface area contributed by atoms with E-state index in [9.17, 15) is 9.59 Å². The van der Waals surface area contributed by atoms with Gasteiger partial charge in [0, 0.05) is 5.70 Å². The number of allylic oxidation sites excluding steroid dienone is 1. The summed E-state index contributed by atoms with van der Waals surface area (Å²) in [5, 5.41) is 13.9. The van der Waals surface area contributed by atoms with E-state index in [-0.39, 0.29) is 6.61 Å². The average Bonchev–Trinajstić information content (AvgIpc) is 2.59. The molecule has 8 heteroatoms. The minimum atomic E-state index is -0.689. The number of hydrogen-bond donors (Lipinski definition) is 2. The van der Waals surface area contributed by atoms with Gasteiger partial charge in [-0.2, -0.15) is 5.26 Å². The van der Waals surface area contributed by atoms with Gasteiger partial charge in [0.05, 0.1) is 25.3 Å². The maximum Gasteiger partial charge on any atom is 0.337 e. The summed E-state index contributed by atoms with van der Waals surface area (Å²) in [6.45, 7) is 3.72. The molecule has 0 aromatic heterocycles. The molecular weight excluding hydrogens is 326 g/mol. The number of amides is 2. The van der Waals surface area contributed by atoms with E-state index < -0.39 is 18.0 Å². The SMILES string of the molecule is CCOc1cc(C2NC(=O)NC(C)=C2C(=O)OC)ccc1OCC#N. The second-order valence-electron chi connectivity index (χ2n) is 5.15. The second-order valence-corrected chi connectivity index (χ2v) is 5.15. The third-order valence-electron chi connectivity index (χ3n) is 3.57. The number of nitrogens with zero attached hydrogens (tertiary/aromatic N) is 1. The molecule has 1 aromatic carbocycles. The highest BCUT2D eigenvalue weighted by atomic mass is 16.5. The van der Waals surface area contributed by atoms with Gasteiger partial charge in [0.15, 0.2) is 18.1 Å². The molecule has 1 aliphatic rings. The van der Waals surface area contributed by atoms with Crippen LogP contribution in [0.3, 0.4) is 0 Å². The minimum absolute atomic E-state index is 0.115. The number of esters is 1. The Bertz CT molecular complexity index is 751. The Morgan fingerprint density at radius 3 is 2.72 bits per heavy atom. The maximum atomic E-state index is 12.1. The summed E-state index contributed by atoms with van der Waals surface area (Å²) in [4.78, 5) is 24.0. The normalized spacial score (nSPS) is 16.4. The van der Waals surface area contributed by atoms with Crippen LogP contribution in [-0.2, 0) is 9.53 Å². The van der Waals surface area contributed by atoms with Crippen molar-refractivity contribution in [2.45, 2.75) is 19.9 Å². The van der Waals surface area contributed by atoms with Crippen molar-refractivity contribution in [3.8, 4) is 17.6 Å². The maximum absolute atomic E-state index is 12.1. The molecule has 0 fully saturated rings. The largest absolute Gasteiger partial charge is 0.490 e. The average molecular weight is 345 g/mol. The second kappa shape index (κ2) is 8.06. The first kappa shape index (κ1) is 18.1. The molecule has 2 rings (SSSR count). The molecule has 1 aromatic rings. The van der Waals surface area contributed by atoms with E-state index in [0.29, 0.717) is 34.9 Å². The smallest absolute Gasteiger partial charge is 0.337 e. The van der Waals surface area contributed by atoms with E-state index >= 15 is 0 Å². The number of nitriles is 1. The van der Waals surface area contributed by atoms with Crippen molar-refractivity contribution in [1.82, 2.24) is 10.6 Å². The molecule has 0 saturated carbocycles. The Morgan fingerprint density at radius 1 is 1.32 bits per heavy atom. The predicted octanol–water partition coefficient (Wildman–Crippen LogP) is 1.79. The molecule has 1 unspecified atom stereocenters. The van der Waals surface area contributed by atoms with Gasteiger partial charge < -0.3 is 24.8 Å². The topological polar surface area (TPSA) is 110 Å². The van der Waals surface area contributed by atoms with Crippen molar-refractivity contribution in [3.05, 3.63) is 35.0 Å². The van der Waals surface area contributed by atoms with Gasteiger partial charge in [0.1, 0.15) is 6.07 Å². The van der Waals surface area contributed by atoms with Crippen LogP contribution in [-0.4, -0.2) is 32.3 Å². The molecule has 1 aliphatic heterocycles. The first-order valence-electron chi connectivity index (χ1n) is 7.64. The molecule has 0 bridgehead atoms. The highest BCUT2D eigenvalue weighted by Crippen LogP contribution is 2.34. The summed E-state index contributed by atoms with van der Waals surface area (Å²) < 4.78 is 15.7. The number of methoxy groups -OCH3 is 1. The highest BCUT2D eigenvalue weighted by Gasteiger charge is 2.32. The van der Waals surface area contributed by atoms with Crippen LogP contribution in [0.4, 0.5) is 4.79 Å². The van der Waals surface area contributed by atoms with E-state index in [1.54, 1.807) is 25.1 Å². The van der Waals surface area contributed by atoms with Crippen LogP contribution in [0.25, 0.3) is 0 Å². The zero-order valence-electron chi connectivity index (χ0n) is 14.2. The van der Waals surface area contributed by atoms with Gasteiger partial charge in [0.2, 0.25) is 0 Å². The molecule has 25 heavy (non-hydrogen) atoms. The lowest BCUT2D eigenvalue weighted by Crippen LogP contribution is -2.45. The van der Waals surface area contributed by atoms with Crippen LogP contribution < -0.4 is 20.1 Å². The van der Waals surface area contributed by atoms with Gasteiger partial charge >= 0.3 is 12.0 Å². The molecule has 2 N–H and O–H groups in total. The van der Waals surface area contributed by atoms with Crippen LogP contribution in [0, 0.1) is 11.3 Å². The van der Waals surface area contributed by atoms with Crippen LogP contribution >= 0.6 is 0 Å². The molecule has 0 radical (unpaired) electrons. The molecule has 0 saturated heterocycles. The number of hydrogen-bond acceptors (Lipinski definition) is 6. The fourth-order valence-corrected chi connectivity index (χ4v) is 2.53. The van der Waals surface area contributed by atoms with Gasteiger partial charge in [-0.15, -0.1) is 0 Å². The number of nitrogens with one attached hydrogen (secondary N) is 2. The first-order valence-corrected chi connectivity index (χ1v) is 7.64. The summed E-state index contributed by atoms with van der Waals surface area (Å²) in [7, 11) is 1.28. The third-order valence-corrected chi connectivity index (χ3v) is 3.57. The number of ether oxygens (including phenoxy) is 3. The van der Waals surface area contributed by atoms with E-state index in [2.05, 4.69) is 10.6 Å². The van der Waals surface area contributed by atoms with E-state index in [1.807, 2.05) is 13.0 Å². The van der Waals surface area contributed by atoms with Crippen molar-refractivity contribution in [3.63, 3.8) is 0 Å². The number of carbonyl (C=O) groups excluding carboxylic acids is 2. The zero-order valence-corrected chi connectivity index (χ0v) is 14.2. The zero-order chi connectivity index (χ0) is 18.4. The number of rotatable bonds is 6. The molecule has 0 spiro atoms. The summed E-state index contributed by atoms with van der Waals surface area (Å²) in [6.07, 6.45) is 0. The van der Waals surface area contributed by atoms with E-state index in [0.717, 1.165) is 0 Å². The number of carbonyl (C=O) groups is 2. The molecule has 8 nitrogen and oxygen atoms in total. The van der Waals surface area contributed by atoms with Crippen LogP contribution in [0.15, 0.2) is 29.5 Å². The summed E-state index contributed by atoms with van der Waals surface area (Å²) in [5.41, 5.74) is 1.35. The first-order chi connectivity index (χ1) is 12.0. The highest BCUT2D eigenvalue weighted by molar-refractivity contribution is 5.94. The Labute approximate surface area is 145 Å². The van der Waals surface area contributed by atoms with Crippen molar-refractivity contribution >= 4 is 12.0 Å². The predicted molar refractivity (Wildman–Crippen MR) is 87.8 cm³/mol. The third kappa shape index (κ3) is 4.01. The summed E-state index contributed by atoms with van der Waals surface area (Å²) >= 11 is 0. The Kier molecular flexibility index (Phi) is 5.84. The molecule has 1 atom stereocenters.